The fraction of sp³-hybridized carbons (Fsp3) is 0.143. The lowest BCUT2D eigenvalue weighted by Crippen LogP contribution is -2.05. The number of aryl methyl sites for hydroxylation is 1. The predicted molar refractivity (Wildman–Crippen MR) is 70.0 cm³/mol. The first-order chi connectivity index (χ1) is 9.51. The lowest BCUT2D eigenvalue weighted by atomic mass is 10.1. The minimum absolute atomic E-state index is 0.149. The Labute approximate surface area is 115 Å². The van der Waals surface area contributed by atoms with Crippen LogP contribution in [0.5, 0.6) is 0 Å². The molecule has 0 saturated carbocycles. The molecule has 6 heteroatoms. The third-order valence-corrected chi connectivity index (χ3v) is 2.50. The lowest BCUT2D eigenvalue weighted by molar-refractivity contribution is -0.136. The predicted octanol–water partition coefficient (Wildman–Crippen LogP) is 1.86. The molecule has 0 aromatic heterocycles. The van der Waals surface area contributed by atoms with Gasteiger partial charge in [-0.05, 0) is 24.1 Å². The van der Waals surface area contributed by atoms with Gasteiger partial charge in [-0.2, -0.15) is 15.8 Å². The van der Waals surface area contributed by atoms with Crippen molar-refractivity contribution in [3.05, 3.63) is 40.6 Å². The van der Waals surface area contributed by atoms with Gasteiger partial charge in [-0.25, -0.2) is 0 Å². The molecule has 0 bridgehead atoms. The van der Waals surface area contributed by atoms with Gasteiger partial charge in [-0.1, -0.05) is 12.1 Å². The molecule has 0 aliphatic rings. The first-order valence-corrected chi connectivity index (χ1v) is 5.54. The highest BCUT2D eigenvalue weighted by Crippen LogP contribution is 2.20. The molecule has 0 atom stereocenters. The van der Waals surface area contributed by atoms with E-state index in [2.05, 4.69) is 5.32 Å². The van der Waals surface area contributed by atoms with E-state index in [9.17, 15) is 4.79 Å². The van der Waals surface area contributed by atoms with Crippen molar-refractivity contribution in [2.45, 2.75) is 13.3 Å². The minimum atomic E-state index is -0.967. The van der Waals surface area contributed by atoms with E-state index in [1.807, 2.05) is 0 Å². The number of rotatable bonds is 4. The number of carbonyl (C=O) groups is 1. The number of nitrogens with one attached hydrogen (secondary N) is 1. The van der Waals surface area contributed by atoms with Crippen LogP contribution in [0.3, 0.4) is 0 Å². The largest absolute Gasteiger partial charge is 0.481 e. The zero-order chi connectivity index (χ0) is 15.1. The van der Waals surface area contributed by atoms with Crippen LogP contribution >= 0.6 is 0 Å². The zero-order valence-electron chi connectivity index (χ0n) is 10.6. The summed E-state index contributed by atoms with van der Waals surface area (Å²) in [5.74, 6) is -0.967. The van der Waals surface area contributed by atoms with Crippen molar-refractivity contribution in [3.63, 3.8) is 0 Å². The van der Waals surface area contributed by atoms with Crippen molar-refractivity contribution >= 4 is 11.7 Å². The average Bonchev–Trinajstić information content (AvgIpc) is 2.41. The van der Waals surface area contributed by atoms with Gasteiger partial charge in [0.1, 0.15) is 23.9 Å². The highest BCUT2D eigenvalue weighted by Gasteiger charge is 2.09. The summed E-state index contributed by atoms with van der Waals surface area (Å²) < 4.78 is 0. The molecule has 1 aromatic rings. The van der Waals surface area contributed by atoms with Crippen LogP contribution in [0.4, 0.5) is 5.69 Å². The Morgan fingerprint density at radius 1 is 1.25 bits per heavy atom. The molecule has 0 heterocycles. The molecule has 0 aliphatic heterocycles. The maximum Gasteiger partial charge on any atom is 0.307 e. The van der Waals surface area contributed by atoms with E-state index in [0.29, 0.717) is 11.3 Å². The van der Waals surface area contributed by atoms with E-state index in [-0.39, 0.29) is 17.7 Å². The highest BCUT2D eigenvalue weighted by atomic mass is 16.4. The molecule has 0 radical (unpaired) electrons. The number of anilines is 1. The van der Waals surface area contributed by atoms with Crippen molar-refractivity contribution < 1.29 is 9.90 Å². The number of carboxylic acids is 1. The molecule has 20 heavy (non-hydrogen) atoms. The van der Waals surface area contributed by atoms with Gasteiger partial charge in [-0.15, -0.1) is 0 Å². The summed E-state index contributed by atoms with van der Waals surface area (Å²) in [5, 5.41) is 37.9. The van der Waals surface area contributed by atoms with Gasteiger partial charge in [0, 0.05) is 5.69 Å². The fourth-order valence-electron chi connectivity index (χ4n) is 1.51. The van der Waals surface area contributed by atoms with E-state index in [0.717, 1.165) is 5.56 Å². The van der Waals surface area contributed by atoms with E-state index < -0.39 is 5.97 Å². The van der Waals surface area contributed by atoms with Crippen LogP contribution in [0.1, 0.15) is 11.1 Å². The Morgan fingerprint density at radius 3 is 2.40 bits per heavy atom. The molecule has 0 aliphatic carbocycles. The summed E-state index contributed by atoms with van der Waals surface area (Å²) in [5.41, 5.74) is 1.32. The quantitative estimate of drug-likeness (QED) is 0.802. The van der Waals surface area contributed by atoms with Gasteiger partial charge in [-0.3, -0.25) is 4.79 Å². The van der Waals surface area contributed by atoms with Gasteiger partial charge >= 0.3 is 5.97 Å². The molecular formula is C14H10N4O2. The number of allylic oxidation sites excluding steroid dienone is 2. The maximum atomic E-state index is 10.7. The molecule has 0 unspecified atom stereocenters. The molecule has 2 N–H and O–H groups in total. The number of nitrogens with zero attached hydrogens (tertiary/aromatic N) is 3. The molecule has 1 aromatic carbocycles. The topological polar surface area (TPSA) is 121 Å². The summed E-state index contributed by atoms with van der Waals surface area (Å²) in [6.07, 6.45) is -0.149. The number of aliphatic carboxylic acids is 1. The molecule has 0 saturated heterocycles. The van der Waals surface area contributed by atoms with Crippen molar-refractivity contribution in [1.29, 1.82) is 15.8 Å². The van der Waals surface area contributed by atoms with Gasteiger partial charge in [0.25, 0.3) is 0 Å². The number of nitriles is 3. The molecule has 0 fully saturated rings. The molecule has 98 valence electrons. The molecule has 0 amide bonds. The van der Waals surface area contributed by atoms with Crippen molar-refractivity contribution in [1.82, 2.24) is 0 Å². The van der Waals surface area contributed by atoms with Crippen LogP contribution in [0, 0.1) is 40.9 Å². The SMILES string of the molecule is Cc1ccc(CC(=O)O)cc1NC(C#N)=C(C#N)C#N. The summed E-state index contributed by atoms with van der Waals surface area (Å²) in [4.78, 5) is 10.7. The van der Waals surface area contributed by atoms with Gasteiger partial charge in [0.2, 0.25) is 0 Å². The molecule has 0 spiro atoms. The Morgan fingerprint density at radius 2 is 1.90 bits per heavy atom. The smallest absolute Gasteiger partial charge is 0.307 e. The zero-order valence-corrected chi connectivity index (χ0v) is 10.6. The third-order valence-electron chi connectivity index (χ3n) is 2.50. The maximum absolute atomic E-state index is 10.7. The normalized spacial score (nSPS) is 8.70. The Kier molecular flexibility index (Phi) is 4.86. The monoisotopic (exact) mass is 266 g/mol. The van der Waals surface area contributed by atoms with Crippen LogP contribution in [-0.4, -0.2) is 11.1 Å². The molecule has 6 nitrogen and oxygen atoms in total. The molecular weight excluding hydrogens is 256 g/mol. The van der Waals surface area contributed by atoms with Crippen molar-refractivity contribution in [2.75, 3.05) is 5.32 Å². The lowest BCUT2D eigenvalue weighted by Gasteiger charge is -2.10. The number of hydrogen-bond acceptors (Lipinski definition) is 5. The van der Waals surface area contributed by atoms with Crippen molar-refractivity contribution in [3.8, 4) is 18.2 Å². The third kappa shape index (κ3) is 3.60. The summed E-state index contributed by atoms with van der Waals surface area (Å²) in [6.45, 7) is 1.76. The van der Waals surface area contributed by atoms with Crippen molar-refractivity contribution in [2.24, 2.45) is 0 Å². The first-order valence-electron chi connectivity index (χ1n) is 5.54. The fourth-order valence-corrected chi connectivity index (χ4v) is 1.51. The Balaban J connectivity index is 3.19. The molecule has 1 rings (SSSR count). The summed E-state index contributed by atoms with van der Waals surface area (Å²) in [6, 6.07) is 9.95. The Hall–Kier alpha value is -3.30. The van der Waals surface area contributed by atoms with E-state index in [4.69, 9.17) is 20.9 Å². The van der Waals surface area contributed by atoms with Crippen LogP contribution in [0.2, 0.25) is 0 Å². The number of carboxylic acid groups (broad SMARTS) is 1. The standard InChI is InChI=1S/C14H10N4O2/c1-9-2-3-10(5-14(19)20)4-12(9)18-13(8-17)11(6-15)7-16/h2-4,18H,5H2,1H3,(H,19,20). The summed E-state index contributed by atoms with van der Waals surface area (Å²) in [7, 11) is 0. The van der Waals surface area contributed by atoms with E-state index in [1.54, 1.807) is 43.3 Å². The summed E-state index contributed by atoms with van der Waals surface area (Å²) >= 11 is 0. The Bertz CT molecular complexity index is 683. The van der Waals surface area contributed by atoms with Crippen LogP contribution in [0.25, 0.3) is 0 Å². The van der Waals surface area contributed by atoms with Crippen LogP contribution < -0.4 is 5.32 Å². The van der Waals surface area contributed by atoms with E-state index in [1.165, 1.54) is 0 Å². The van der Waals surface area contributed by atoms with E-state index >= 15 is 0 Å². The second-order valence-corrected chi connectivity index (χ2v) is 3.93. The number of benzene rings is 1. The number of hydrogen-bond donors (Lipinski definition) is 2. The van der Waals surface area contributed by atoms with Gasteiger partial charge in [0.15, 0.2) is 5.57 Å². The van der Waals surface area contributed by atoms with Crippen LogP contribution in [0.15, 0.2) is 29.5 Å². The van der Waals surface area contributed by atoms with Gasteiger partial charge < -0.3 is 10.4 Å². The first kappa shape index (κ1) is 14.8. The second kappa shape index (κ2) is 6.58. The average molecular weight is 266 g/mol. The minimum Gasteiger partial charge on any atom is -0.481 e. The second-order valence-electron chi connectivity index (χ2n) is 3.93. The van der Waals surface area contributed by atoms with Crippen LogP contribution in [-0.2, 0) is 11.2 Å². The highest BCUT2D eigenvalue weighted by molar-refractivity contribution is 5.71. The van der Waals surface area contributed by atoms with Gasteiger partial charge in [0.05, 0.1) is 6.42 Å².